The van der Waals surface area contributed by atoms with E-state index in [0.717, 1.165) is 36.1 Å². The predicted octanol–water partition coefficient (Wildman–Crippen LogP) is 1.86. The zero-order chi connectivity index (χ0) is 22.3. The zero-order valence-electron chi connectivity index (χ0n) is 17.3. The minimum atomic E-state index is -0.732. The van der Waals surface area contributed by atoms with Gasteiger partial charge in [0.05, 0.1) is 15.6 Å². The number of hydrogen-bond donors (Lipinski definition) is 2. The molecule has 0 atom stereocenters. The molecule has 0 bridgehead atoms. The summed E-state index contributed by atoms with van der Waals surface area (Å²) in [5.41, 5.74) is 2.42. The lowest BCUT2D eigenvalue weighted by Crippen LogP contribution is -3.00. The Labute approximate surface area is 192 Å². The third-order valence-electron chi connectivity index (χ3n) is 4.48. The van der Waals surface area contributed by atoms with Crippen molar-refractivity contribution in [3.8, 4) is 6.07 Å². The molecule has 164 valence electrons. The number of hydrogen-bond acceptors (Lipinski definition) is 6. The van der Waals surface area contributed by atoms with Gasteiger partial charge in [-0.1, -0.05) is 11.6 Å². The van der Waals surface area contributed by atoms with Crippen molar-refractivity contribution in [2.45, 2.75) is 20.8 Å². The third-order valence-corrected chi connectivity index (χ3v) is 4.81. The molecule has 0 saturated heterocycles. The molecule has 8 nitrogen and oxygen atoms in total. The number of nitro groups is 1. The molecule has 0 spiro atoms. The molecule has 1 amide bonds. The number of benzene rings is 2. The molecule has 0 fully saturated rings. The first-order valence-electron chi connectivity index (χ1n) is 9.28. The van der Waals surface area contributed by atoms with Crippen LogP contribution in [0.5, 0.6) is 0 Å². The van der Waals surface area contributed by atoms with Crippen molar-refractivity contribution < 1.29 is 22.1 Å². The zero-order valence-corrected chi connectivity index (χ0v) is 18.8. The van der Waals surface area contributed by atoms with E-state index in [1.54, 1.807) is 0 Å². The van der Waals surface area contributed by atoms with Crippen LogP contribution in [-0.4, -0.2) is 23.9 Å². The first-order valence-corrected chi connectivity index (χ1v) is 9.66. The highest BCUT2D eigenvalue weighted by Crippen LogP contribution is 2.27. The summed E-state index contributed by atoms with van der Waals surface area (Å²) in [6.45, 7) is 7.87. The average molecular weight is 463 g/mol. The van der Waals surface area contributed by atoms with Gasteiger partial charge in [-0.3, -0.25) is 14.9 Å². The van der Waals surface area contributed by atoms with Crippen LogP contribution in [-0.2, 0) is 4.79 Å². The van der Waals surface area contributed by atoms with Gasteiger partial charge in [-0.2, -0.15) is 5.26 Å². The molecule has 31 heavy (non-hydrogen) atoms. The molecule has 2 rings (SSSR count). The molecule has 0 aliphatic rings. The minimum absolute atomic E-state index is 0. The van der Waals surface area contributed by atoms with Gasteiger partial charge >= 0.3 is 0 Å². The van der Waals surface area contributed by atoms with Crippen molar-refractivity contribution in [3.05, 3.63) is 68.9 Å². The molecule has 2 N–H and O–H groups in total. The fourth-order valence-electron chi connectivity index (χ4n) is 2.81. The minimum Gasteiger partial charge on any atom is -1.00 e. The maximum Gasteiger partial charge on any atom is 0.271 e. The van der Waals surface area contributed by atoms with Crippen LogP contribution in [0, 0.1) is 28.4 Å². The highest BCUT2D eigenvalue weighted by molar-refractivity contribution is 6.34. The molecule has 0 aliphatic carbocycles. The van der Waals surface area contributed by atoms with Crippen LogP contribution in [0.15, 0.2) is 48.2 Å². The fourth-order valence-corrected chi connectivity index (χ4v) is 2.97. The predicted molar refractivity (Wildman–Crippen MR) is 119 cm³/mol. The van der Waals surface area contributed by atoms with Gasteiger partial charge in [0, 0.05) is 42.8 Å². The van der Waals surface area contributed by atoms with E-state index in [-0.39, 0.29) is 34.4 Å². The second-order valence-electron chi connectivity index (χ2n) is 6.36. The van der Waals surface area contributed by atoms with Gasteiger partial charge in [0.2, 0.25) is 0 Å². The van der Waals surface area contributed by atoms with Crippen molar-refractivity contribution in [2.75, 3.05) is 28.6 Å². The second kappa shape index (κ2) is 11.8. The highest BCUT2D eigenvalue weighted by Gasteiger charge is 2.15. The summed E-state index contributed by atoms with van der Waals surface area (Å²) in [6, 6.07) is 11.4. The van der Waals surface area contributed by atoms with Crippen molar-refractivity contribution in [1.82, 2.24) is 0 Å². The lowest BCUT2D eigenvalue weighted by atomic mass is 10.1. The SMILES string of the molecule is CCN(CC)c1ccc(N/C=C(/C#N)C(=O)Nc2cc([N+](=O)[O-])ccc2Cl)c(C)c1.[Cl-]. The van der Waals surface area contributed by atoms with Crippen LogP contribution in [0.3, 0.4) is 0 Å². The number of carbonyl (C=O) groups is 1. The number of aryl methyl sites for hydroxylation is 1. The Kier molecular flexibility index (Phi) is 9.80. The Morgan fingerprint density at radius 2 is 1.90 bits per heavy atom. The molecule has 0 radical (unpaired) electrons. The summed E-state index contributed by atoms with van der Waals surface area (Å²) in [4.78, 5) is 25.0. The van der Waals surface area contributed by atoms with E-state index < -0.39 is 10.8 Å². The quantitative estimate of drug-likeness (QED) is 0.268. The van der Waals surface area contributed by atoms with Gasteiger partial charge in [0.15, 0.2) is 0 Å². The topological polar surface area (TPSA) is 111 Å². The molecule has 0 unspecified atom stereocenters. The summed E-state index contributed by atoms with van der Waals surface area (Å²) >= 11 is 5.99. The van der Waals surface area contributed by atoms with E-state index in [0.29, 0.717) is 0 Å². The van der Waals surface area contributed by atoms with Crippen molar-refractivity contribution in [1.29, 1.82) is 5.26 Å². The van der Waals surface area contributed by atoms with E-state index in [9.17, 15) is 20.2 Å². The van der Waals surface area contributed by atoms with Crippen LogP contribution < -0.4 is 27.9 Å². The molecular weight excluding hydrogens is 441 g/mol. The molecular formula is C21H22Cl2N5O3-. The largest absolute Gasteiger partial charge is 1.00 e. The van der Waals surface area contributed by atoms with Gasteiger partial charge < -0.3 is 27.9 Å². The van der Waals surface area contributed by atoms with Crippen LogP contribution in [0.25, 0.3) is 0 Å². The molecule has 10 heteroatoms. The lowest BCUT2D eigenvalue weighted by molar-refractivity contribution is -0.384. The highest BCUT2D eigenvalue weighted by atomic mass is 35.5. The van der Waals surface area contributed by atoms with Crippen LogP contribution in [0.4, 0.5) is 22.7 Å². The second-order valence-corrected chi connectivity index (χ2v) is 6.77. The van der Waals surface area contributed by atoms with Gasteiger partial charge in [0.1, 0.15) is 11.6 Å². The molecule has 0 aromatic heterocycles. The number of nitrogens with one attached hydrogen (secondary N) is 2. The molecule has 2 aromatic rings. The first kappa shape index (κ1) is 25.8. The summed E-state index contributed by atoms with van der Waals surface area (Å²) in [6.07, 6.45) is 1.29. The number of halogens is 2. The standard InChI is InChI=1S/C21H22ClN5O3.ClH/c1-4-26(5-2)16-7-9-19(14(3)10-16)24-13-15(12-23)21(28)25-20-11-17(27(29)30)6-8-18(20)22;/h6-11,13,24H,4-5H2,1-3H3,(H,25,28);1H/p-1/b15-13-;. The molecule has 0 saturated carbocycles. The fraction of sp³-hybridized carbons (Fsp3) is 0.238. The first-order chi connectivity index (χ1) is 14.3. The van der Waals surface area contributed by atoms with E-state index >= 15 is 0 Å². The summed E-state index contributed by atoms with van der Waals surface area (Å²) in [7, 11) is 0. The van der Waals surface area contributed by atoms with Gasteiger partial charge in [-0.05, 0) is 50.6 Å². The van der Waals surface area contributed by atoms with E-state index in [1.807, 2.05) is 31.2 Å². The van der Waals surface area contributed by atoms with Gasteiger partial charge in [-0.15, -0.1) is 0 Å². The number of rotatable bonds is 8. The lowest BCUT2D eigenvalue weighted by Gasteiger charge is -2.22. The van der Waals surface area contributed by atoms with E-state index in [2.05, 4.69) is 29.4 Å². The van der Waals surface area contributed by atoms with E-state index in [1.165, 1.54) is 18.3 Å². The number of nitro benzene ring substituents is 1. The third kappa shape index (κ3) is 6.60. The number of nitriles is 1. The average Bonchev–Trinajstić information content (AvgIpc) is 2.72. The number of amides is 1. The van der Waals surface area contributed by atoms with Crippen molar-refractivity contribution >= 4 is 40.3 Å². The van der Waals surface area contributed by atoms with Crippen molar-refractivity contribution in [3.63, 3.8) is 0 Å². The van der Waals surface area contributed by atoms with Gasteiger partial charge in [-0.25, -0.2) is 0 Å². The Bertz CT molecular complexity index is 1030. The Morgan fingerprint density at radius 3 is 2.45 bits per heavy atom. The number of anilines is 3. The van der Waals surface area contributed by atoms with Crippen LogP contribution in [0.1, 0.15) is 19.4 Å². The monoisotopic (exact) mass is 462 g/mol. The Hall–Kier alpha value is -3.28. The van der Waals surface area contributed by atoms with Crippen molar-refractivity contribution in [2.24, 2.45) is 0 Å². The Morgan fingerprint density at radius 1 is 1.23 bits per heavy atom. The van der Waals surface area contributed by atoms with E-state index in [4.69, 9.17) is 11.6 Å². The number of nitrogens with zero attached hydrogens (tertiary/aromatic N) is 3. The number of carbonyl (C=O) groups excluding carboxylic acids is 1. The maximum atomic E-state index is 12.4. The number of non-ortho nitro benzene ring substituents is 1. The maximum absolute atomic E-state index is 12.4. The summed E-state index contributed by atoms with van der Waals surface area (Å²) in [5.74, 6) is -0.732. The molecule has 2 aromatic carbocycles. The van der Waals surface area contributed by atoms with Crippen LogP contribution >= 0.6 is 11.6 Å². The smallest absolute Gasteiger partial charge is 0.271 e. The normalized spacial score (nSPS) is 10.5. The summed E-state index contributed by atoms with van der Waals surface area (Å²) < 4.78 is 0. The van der Waals surface area contributed by atoms with Gasteiger partial charge in [0.25, 0.3) is 11.6 Å². The van der Waals surface area contributed by atoms with Crippen LogP contribution in [0.2, 0.25) is 5.02 Å². The Balaban J connectivity index is 0.00000480. The summed E-state index contributed by atoms with van der Waals surface area (Å²) in [5, 5.41) is 25.8. The molecule has 0 heterocycles. The molecule has 0 aliphatic heterocycles.